The van der Waals surface area contributed by atoms with Crippen LogP contribution in [0, 0.1) is 5.82 Å². The van der Waals surface area contributed by atoms with Crippen molar-refractivity contribution in [3.05, 3.63) is 64.9 Å². The zero-order chi connectivity index (χ0) is 16.7. The van der Waals surface area contributed by atoms with E-state index >= 15 is 0 Å². The lowest BCUT2D eigenvalue weighted by molar-refractivity contribution is 0.618. The van der Waals surface area contributed by atoms with Gasteiger partial charge in [0.05, 0.1) is 16.2 Å². The highest BCUT2D eigenvalue weighted by atomic mass is 35.5. The summed E-state index contributed by atoms with van der Waals surface area (Å²) < 4.78 is 16.6. The normalized spacial score (nSPS) is 11.5. The van der Waals surface area contributed by atoms with Crippen LogP contribution < -0.4 is 0 Å². The summed E-state index contributed by atoms with van der Waals surface area (Å²) in [5.41, 5.74) is 3.09. The van der Waals surface area contributed by atoms with E-state index in [0.717, 1.165) is 23.1 Å². The van der Waals surface area contributed by atoms with E-state index in [-0.39, 0.29) is 5.82 Å². The Morgan fingerprint density at radius 3 is 2.79 bits per heavy atom. The number of para-hydroxylation sites is 1. The molecule has 0 amide bonds. The van der Waals surface area contributed by atoms with Gasteiger partial charge in [-0.1, -0.05) is 54.4 Å². The van der Waals surface area contributed by atoms with Crippen molar-refractivity contribution in [1.82, 2.24) is 15.0 Å². The molecule has 1 aromatic heterocycles. The van der Waals surface area contributed by atoms with Gasteiger partial charge in [0.2, 0.25) is 0 Å². The molecule has 0 atom stereocenters. The largest absolute Gasteiger partial charge is 0.212 e. The minimum atomic E-state index is -0.206. The van der Waals surface area contributed by atoms with Crippen molar-refractivity contribution in [3.63, 3.8) is 0 Å². The monoisotopic (exact) mass is 339 g/mol. The maximum atomic E-state index is 14.9. The molecule has 0 saturated heterocycles. The van der Waals surface area contributed by atoms with E-state index in [0.29, 0.717) is 27.8 Å². The second-order valence-electron chi connectivity index (χ2n) is 5.77. The highest BCUT2D eigenvalue weighted by molar-refractivity contribution is 6.36. The molecule has 0 N–H and O–H groups in total. The molecule has 0 aliphatic rings. The number of halogens is 2. The fourth-order valence-electron chi connectivity index (χ4n) is 3.11. The van der Waals surface area contributed by atoms with Crippen molar-refractivity contribution >= 4 is 33.4 Å². The second-order valence-corrected chi connectivity index (χ2v) is 6.18. The average Bonchev–Trinajstić information content (AvgIpc) is 3.02. The molecule has 4 aromatic rings. The zero-order valence-electron chi connectivity index (χ0n) is 13.1. The van der Waals surface area contributed by atoms with Crippen LogP contribution in [0.25, 0.3) is 27.5 Å². The zero-order valence-corrected chi connectivity index (χ0v) is 13.9. The summed E-state index contributed by atoms with van der Waals surface area (Å²) in [6, 6.07) is 14.8. The second kappa shape index (κ2) is 5.87. The SMILES string of the molecule is CCCc1cc(-n2nnc3ccccc32)c2c(Cl)cccc2c1F. The Kier molecular flexibility index (Phi) is 3.69. The van der Waals surface area contributed by atoms with E-state index in [1.165, 1.54) is 0 Å². The van der Waals surface area contributed by atoms with Crippen LogP contribution in [0.2, 0.25) is 5.02 Å². The fourth-order valence-corrected chi connectivity index (χ4v) is 3.38. The molecule has 0 spiro atoms. The van der Waals surface area contributed by atoms with Crippen LogP contribution in [0.5, 0.6) is 0 Å². The van der Waals surface area contributed by atoms with Crippen molar-refractivity contribution in [1.29, 1.82) is 0 Å². The smallest absolute Gasteiger partial charge is 0.134 e. The summed E-state index contributed by atoms with van der Waals surface area (Å²) in [6.07, 6.45) is 1.52. The van der Waals surface area contributed by atoms with Crippen LogP contribution in [0.1, 0.15) is 18.9 Å². The Labute approximate surface area is 143 Å². The minimum absolute atomic E-state index is 0.206. The minimum Gasteiger partial charge on any atom is -0.212 e. The van der Waals surface area contributed by atoms with E-state index < -0.39 is 0 Å². The van der Waals surface area contributed by atoms with Gasteiger partial charge >= 0.3 is 0 Å². The molecule has 0 bridgehead atoms. The molecule has 24 heavy (non-hydrogen) atoms. The van der Waals surface area contributed by atoms with E-state index in [1.54, 1.807) is 22.9 Å². The molecular weight excluding hydrogens is 325 g/mol. The Balaban J connectivity index is 2.12. The van der Waals surface area contributed by atoms with Crippen molar-refractivity contribution in [2.45, 2.75) is 19.8 Å². The van der Waals surface area contributed by atoms with Crippen LogP contribution in [-0.4, -0.2) is 15.0 Å². The van der Waals surface area contributed by atoms with Gasteiger partial charge in [-0.25, -0.2) is 9.07 Å². The number of aryl methyl sites for hydroxylation is 1. The molecular formula is C19H15ClFN3. The molecule has 3 aromatic carbocycles. The van der Waals surface area contributed by atoms with Crippen LogP contribution in [-0.2, 0) is 6.42 Å². The third kappa shape index (κ3) is 2.26. The first-order valence-electron chi connectivity index (χ1n) is 7.91. The van der Waals surface area contributed by atoms with E-state index in [9.17, 15) is 4.39 Å². The van der Waals surface area contributed by atoms with Gasteiger partial charge in [-0.15, -0.1) is 5.10 Å². The molecule has 3 nitrogen and oxygen atoms in total. The van der Waals surface area contributed by atoms with Gasteiger partial charge in [-0.3, -0.25) is 0 Å². The van der Waals surface area contributed by atoms with Crippen LogP contribution in [0.3, 0.4) is 0 Å². The number of fused-ring (bicyclic) bond motifs is 2. The molecule has 0 aliphatic carbocycles. The standard InChI is InChI=1S/C19H15ClFN3/c1-2-6-12-11-17(18-13(19(12)21)7-5-8-14(18)20)24-16-10-4-3-9-15(16)22-23-24/h3-5,7-11H,2,6H2,1H3. The van der Waals surface area contributed by atoms with Crippen LogP contribution >= 0.6 is 11.6 Å². The van der Waals surface area contributed by atoms with Gasteiger partial charge in [-0.2, -0.15) is 0 Å². The lowest BCUT2D eigenvalue weighted by Gasteiger charge is -2.13. The molecule has 0 radical (unpaired) electrons. The van der Waals surface area contributed by atoms with Gasteiger partial charge in [-0.05, 0) is 36.2 Å². The number of benzene rings is 3. The Bertz CT molecular complexity index is 1060. The first kappa shape index (κ1) is 15.1. The van der Waals surface area contributed by atoms with E-state index in [1.807, 2.05) is 37.3 Å². The van der Waals surface area contributed by atoms with Crippen molar-refractivity contribution in [2.75, 3.05) is 0 Å². The Morgan fingerprint density at radius 1 is 1.12 bits per heavy atom. The number of nitrogens with zero attached hydrogens (tertiary/aromatic N) is 3. The Hall–Kier alpha value is -2.46. The summed E-state index contributed by atoms with van der Waals surface area (Å²) >= 11 is 6.40. The van der Waals surface area contributed by atoms with Gasteiger partial charge in [0.15, 0.2) is 0 Å². The molecule has 0 aliphatic heterocycles. The predicted octanol–water partition coefficient (Wildman–Crippen LogP) is 5.32. The average molecular weight is 340 g/mol. The highest BCUT2D eigenvalue weighted by Crippen LogP contribution is 2.34. The molecule has 0 fully saturated rings. The number of aromatic nitrogens is 3. The van der Waals surface area contributed by atoms with Crippen LogP contribution in [0.4, 0.5) is 4.39 Å². The van der Waals surface area contributed by atoms with Gasteiger partial charge in [0.25, 0.3) is 0 Å². The lowest BCUT2D eigenvalue weighted by Crippen LogP contribution is -2.02. The van der Waals surface area contributed by atoms with E-state index in [2.05, 4.69) is 10.3 Å². The molecule has 120 valence electrons. The predicted molar refractivity (Wildman–Crippen MR) is 95.3 cm³/mol. The number of rotatable bonds is 3. The third-order valence-electron chi connectivity index (χ3n) is 4.20. The first-order chi connectivity index (χ1) is 11.7. The third-order valence-corrected chi connectivity index (χ3v) is 4.51. The maximum Gasteiger partial charge on any atom is 0.134 e. The number of hydrogen-bond acceptors (Lipinski definition) is 2. The quantitative estimate of drug-likeness (QED) is 0.506. The van der Waals surface area contributed by atoms with Crippen molar-refractivity contribution in [3.8, 4) is 5.69 Å². The molecule has 0 saturated carbocycles. The molecule has 0 unspecified atom stereocenters. The lowest BCUT2D eigenvalue weighted by atomic mass is 10.0. The van der Waals surface area contributed by atoms with Crippen LogP contribution in [0.15, 0.2) is 48.5 Å². The fraction of sp³-hybridized carbons (Fsp3) is 0.158. The number of hydrogen-bond donors (Lipinski definition) is 0. The Morgan fingerprint density at radius 2 is 1.96 bits per heavy atom. The van der Waals surface area contributed by atoms with Gasteiger partial charge in [0, 0.05) is 10.8 Å². The van der Waals surface area contributed by atoms with Gasteiger partial charge in [0.1, 0.15) is 11.3 Å². The molecule has 4 rings (SSSR count). The van der Waals surface area contributed by atoms with Crippen molar-refractivity contribution in [2.24, 2.45) is 0 Å². The van der Waals surface area contributed by atoms with E-state index in [4.69, 9.17) is 11.6 Å². The summed E-state index contributed by atoms with van der Waals surface area (Å²) in [5, 5.41) is 10.2. The van der Waals surface area contributed by atoms with Gasteiger partial charge < -0.3 is 0 Å². The summed E-state index contributed by atoms with van der Waals surface area (Å²) in [4.78, 5) is 0. The maximum absolute atomic E-state index is 14.9. The topological polar surface area (TPSA) is 30.7 Å². The summed E-state index contributed by atoms with van der Waals surface area (Å²) in [6.45, 7) is 2.03. The highest BCUT2D eigenvalue weighted by Gasteiger charge is 2.17. The molecule has 1 heterocycles. The first-order valence-corrected chi connectivity index (χ1v) is 8.29. The summed E-state index contributed by atoms with van der Waals surface area (Å²) in [7, 11) is 0. The van der Waals surface area contributed by atoms with Crippen molar-refractivity contribution < 1.29 is 4.39 Å². The summed E-state index contributed by atoms with van der Waals surface area (Å²) in [5.74, 6) is -0.206. The molecule has 5 heteroatoms.